The Morgan fingerprint density at radius 1 is 1.10 bits per heavy atom. The summed E-state index contributed by atoms with van der Waals surface area (Å²) in [6.07, 6.45) is 2.47. The Morgan fingerprint density at radius 3 is 2.57 bits per heavy atom. The van der Waals surface area contributed by atoms with Crippen LogP contribution in [0.15, 0.2) is 42.5 Å². The van der Waals surface area contributed by atoms with Crippen LogP contribution in [0.25, 0.3) is 0 Å². The van der Waals surface area contributed by atoms with Crippen molar-refractivity contribution >= 4 is 0 Å². The summed E-state index contributed by atoms with van der Waals surface area (Å²) in [5, 5.41) is 3.50. The molecule has 3 rings (SSSR count). The van der Waals surface area contributed by atoms with Crippen LogP contribution >= 0.6 is 0 Å². The summed E-state index contributed by atoms with van der Waals surface area (Å²) in [7, 11) is 0. The van der Waals surface area contributed by atoms with Crippen LogP contribution in [-0.4, -0.2) is 6.04 Å². The maximum absolute atomic E-state index is 13.7. The number of rotatable bonds is 4. The largest absolute Gasteiger partial charge is 0.307 e. The highest BCUT2D eigenvalue weighted by molar-refractivity contribution is 5.34. The highest BCUT2D eigenvalue weighted by Gasteiger charge is 2.23. The lowest BCUT2D eigenvalue weighted by Gasteiger charge is -2.21. The summed E-state index contributed by atoms with van der Waals surface area (Å²) >= 11 is 0. The molecule has 2 unspecified atom stereocenters. The Hall–Kier alpha value is -1.74. The zero-order chi connectivity index (χ0) is 14.8. The van der Waals surface area contributed by atoms with E-state index in [0.717, 1.165) is 12.8 Å². The van der Waals surface area contributed by atoms with Crippen LogP contribution in [-0.2, 0) is 12.8 Å². The van der Waals surface area contributed by atoms with Gasteiger partial charge in [-0.3, -0.25) is 0 Å². The van der Waals surface area contributed by atoms with E-state index in [1.165, 1.54) is 29.3 Å². The Labute approximate surface area is 124 Å². The zero-order valence-corrected chi connectivity index (χ0v) is 12.1. The molecule has 3 heteroatoms. The lowest BCUT2D eigenvalue weighted by atomic mass is 10.0. The smallest absolute Gasteiger partial charge is 0.129 e. The fourth-order valence-corrected chi connectivity index (χ4v) is 3.17. The average Bonchev–Trinajstić information content (AvgIpc) is 2.87. The molecule has 0 amide bonds. The van der Waals surface area contributed by atoms with Gasteiger partial charge in [-0.05, 0) is 49.4 Å². The van der Waals surface area contributed by atoms with E-state index in [1.807, 2.05) is 13.0 Å². The van der Waals surface area contributed by atoms with Gasteiger partial charge in [-0.2, -0.15) is 0 Å². The monoisotopic (exact) mass is 287 g/mol. The van der Waals surface area contributed by atoms with E-state index in [2.05, 4.69) is 23.5 Å². The molecule has 0 spiro atoms. The standard InChI is InChI=1S/C18H19F2N/c1-12(11-15-16(19)7-4-8-17(15)20)21-18-10-9-13-5-2-3-6-14(13)18/h2-8,12,18,21H,9-11H2,1H3. The maximum Gasteiger partial charge on any atom is 0.129 e. The van der Waals surface area contributed by atoms with Crippen LogP contribution in [0.5, 0.6) is 0 Å². The average molecular weight is 287 g/mol. The highest BCUT2D eigenvalue weighted by Crippen LogP contribution is 2.31. The second-order valence-electron chi connectivity index (χ2n) is 5.76. The van der Waals surface area contributed by atoms with Gasteiger partial charge in [0, 0.05) is 17.6 Å². The summed E-state index contributed by atoms with van der Waals surface area (Å²) in [6.45, 7) is 1.98. The minimum Gasteiger partial charge on any atom is -0.307 e. The van der Waals surface area contributed by atoms with E-state index in [4.69, 9.17) is 0 Å². The number of halogens is 2. The Kier molecular flexibility index (Phi) is 4.02. The number of hydrogen-bond donors (Lipinski definition) is 1. The van der Waals surface area contributed by atoms with Crippen LogP contribution in [0.1, 0.15) is 36.1 Å². The Balaban J connectivity index is 1.69. The van der Waals surface area contributed by atoms with Gasteiger partial charge in [-0.1, -0.05) is 30.3 Å². The van der Waals surface area contributed by atoms with E-state index in [1.54, 1.807) is 0 Å². The van der Waals surface area contributed by atoms with Crippen LogP contribution in [0.2, 0.25) is 0 Å². The molecule has 1 N–H and O–H groups in total. The molecular weight excluding hydrogens is 268 g/mol. The second kappa shape index (κ2) is 5.94. The van der Waals surface area contributed by atoms with Crippen molar-refractivity contribution < 1.29 is 8.78 Å². The van der Waals surface area contributed by atoms with Crippen molar-refractivity contribution in [3.8, 4) is 0 Å². The van der Waals surface area contributed by atoms with Crippen molar-refractivity contribution in [2.45, 2.75) is 38.3 Å². The molecule has 0 heterocycles. The van der Waals surface area contributed by atoms with Gasteiger partial charge < -0.3 is 5.32 Å². The van der Waals surface area contributed by atoms with Crippen molar-refractivity contribution in [3.63, 3.8) is 0 Å². The number of nitrogens with one attached hydrogen (secondary N) is 1. The van der Waals surface area contributed by atoms with Gasteiger partial charge >= 0.3 is 0 Å². The maximum atomic E-state index is 13.7. The first-order valence-electron chi connectivity index (χ1n) is 7.42. The number of hydrogen-bond acceptors (Lipinski definition) is 1. The molecule has 21 heavy (non-hydrogen) atoms. The fraction of sp³-hybridized carbons (Fsp3) is 0.333. The van der Waals surface area contributed by atoms with E-state index in [-0.39, 0.29) is 17.6 Å². The SMILES string of the molecule is CC(Cc1c(F)cccc1F)NC1CCc2ccccc21. The molecule has 0 aliphatic heterocycles. The summed E-state index contributed by atoms with van der Waals surface area (Å²) in [5.74, 6) is -0.925. The normalized spacial score (nSPS) is 18.5. The molecule has 0 radical (unpaired) electrons. The van der Waals surface area contributed by atoms with Crippen molar-refractivity contribution in [1.29, 1.82) is 0 Å². The summed E-state index contributed by atoms with van der Waals surface area (Å²) in [6, 6.07) is 12.7. The van der Waals surface area contributed by atoms with E-state index >= 15 is 0 Å². The summed E-state index contributed by atoms with van der Waals surface area (Å²) < 4.78 is 27.4. The summed E-state index contributed by atoms with van der Waals surface area (Å²) in [4.78, 5) is 0. The molecule has 1 aliphatic rings. The molecule has 2 aromatic carbocycles. The molecule has 1 aliphatic carbocycles. The van der Waals surface area contributed by atoms with Crippen molar-refractivity contribution in [1.82, 2.24) is 5.32 Å². The van der Waals surface area contributed by atoms with Gasteiger partial charge in [0.15, 0.2) is 0 Å². The third-order valence-electron chi connectivity index (χ3n) is 4.19. The molecule has 0 bridgehead atoms. The lowest BCUT2D eigenvalue weighted by Crippen LogP contribution is -2.31. The minimum atomic E-state index is -0.463. The zero-order valence-electron chi connectivity index (χ0n) is 12.1. The first-order chi connectivity index (χ1) is 10.1. The molecule has 0 aromatic heterocycles. The van der Waals surface area contributed by atoms with Gasteiger partial charge in [-0.15, -0.1) is 0 Å². The third kappa shape index (κ3) is 2.98. The molecule has 110 valence electrons. The van der Waals surface area contributed by atoms with E-state index in [0.29, 0.717) is 6.42 Å². The molecule has 0 fully saturated rings. The number of fused-ring (bicyclic) bond motifs is 1. The van der Waals surface area contributed by atoms with Crippen LogP contribution in [0.4, 0.5) is 8.78 Å². The van der Waals surface area contributed by atoms with Gasteiger partial charge in [0.2, 0.25) is 0 Å². The lowest BCUT2D eigenvalue weighted by molar-refractivity contribution is 0.437. The van der Waals surface area contributed by atoms with E-state index in [9.17, 15) is 8.78 Å². The van der Waals surface area contributed by atoms with E-state index < -0.39 is 11.6 Å². The summed E-state index contributed by atoms with van der Waals surface area (Å²) in [5.41, 5.74) is 2.86. The molecule has 2 aromatic rings. The van der Waals surface area contributed by atoms with Crippen molar-refractivity contribution in [2.24, 2.45) is 0 Å². The third-order valence-corrected chi connectivity index (χ3v) is 4.19. The Bertz CT molecular complexity index is 619. The van der Waals surface area contributed by atoms with Crippen LogP contribution < -0.4 is 5.32 Å². The molecule has 0 saturated carbocycles. The van der Waals surface area contributed by atoms with Gasteiger partial charge in [-0.25, -0.2) is 8.78 Å². The van der Waals surface area contributed by atoms with Crippen LogP contribution in [0.3, 0.4) is 0 Å². The Morgan fingerprint density at radius 2 is 1.81 bits per heavy atom. The van der Waals surface area contributed by atoms with Crippen LogP contribution in [0, 0.1) is 11.6 Å². The molecule has 1 nitrogen and oxygen atoms in total. The second-order valence-corrected chi connectivity index (χ2v) is 5.76. The predicted molar refractivity (Wildman–Crippen MR) is 80.2 cm³/mol. The van der Waals surface area contributed by atoms with Gasteiger partial charge in [0.25, 0.3) is 0 Å². The topological polar surface area (TPSA) is 12.0 Å². The number of aryl methyl sites for hydroxylation is 1. The van der Waals surface area contributed by atoms with Crippen molar-refractivity contribution in [2.75, 3.05) is 0 Å². The van der Waals surface area contributed by atoms with Gasteiger partial charge in [0.05, 0.1) is 0 Å². The minimum absolute atomic E-state index is 0.0209. The molecular formula is C18H19F2N. The first-order valence-corrected chi connectivity index (χ1v) is 7.42. The number of benzene rings is 2. The quantitative estimate of drug-likeness (QED) is 0.890. The predicted octanol–water partition coefficient (Wildman–Crippen LogP) is 4.17. The highest BCUT2D eigenvalue weighted by atomic mass is 19.1. The van der Waals surface area contributed by atoms with Gasteiger partial charge in [0.1, 0.15) is 11.6 Å². The fourth-order valence-electron chi connectivity index (χ4n) is 3.17. The first kappa shape index (κ1) is 14.2. The molecule has 0 saturated heterocycles. The molecule has 2 atom stereocenters. The van der Waals surface area contributed by atoms with Crippen molar-refractivity contribution in [3.05, 3.63) is 70.8 Å².